The molecule has 2 rings (SSSR count). The van der Waals surface area contributed by atoms with Crippen LogP contribution in [0.25, 0.3) is 0 Å². The Bertz CT molecular complexity index is 566. The Balaban J connectivity index is 2.38. The summed E-state index contributed by atoms with van der Waals surface area (Å²) in [7, 11) is -3.26. The highest BCUT2D eigenvalue weighted by Gasteiger charge is 2.24. The SMILES string of the molecule is CCCS(=O)(=O)c1ccccc1N1CCCC(=O)C1. The molecule has 104 valence electrons. The van der Waals surface area contributed by atoms with E-state index in [-0.39, 0.29) is 11.5 Å². The molecule has 19 heavy (non-hydrogen) atoms. The molecule has 1 aromatic rings. The predicted octanol–water partition coefficient (Wildman–Crippen LogP) is 2.04. The first-order chi connectivity index (χ1) is 9.04. The van der Waals surface area contributed by atoms with Crippen LogP contribution >= 0.6 is 0 Å². The number of rotatable bonds is 4. The van der Waals surface area contributed by atoms with E-state index >= 15 is 0 Å². The van der Waals surface area contributed by atoms with Crippen molar-refractivity contribution in [2.24, 2.45) is 0 Å². The van der Waals surface area contributed by atoms with Crippen molar-refractivity contribution in [1.29, 1.82) is 0 Å². The summed E-state index contributed by atoms with van der Waals surface area (Å²) < 4.78 is 24.5. The van der Waals surface area contributed by atoms with E-state index in [0.717, 1.165) is 13.0 Å². The van der Waals surface area contributed by atoms with Gasteiger partial charge in [0.15, 0.2) is 15.6 Å². The first-order valence-corrected chi connectivity index (χ1v) is 8.28. The van der Waals surface area contributed by atoms with Crippen molar-refractivity contribution < 1.29 is 13.2 Å². The number of carbonyl (C=O) groups is 1. The first-order valence-electron chi connectivity index (χ1n) is 6.63. The number of anilines is 1. The second kappa shape index (κ2) is 5.74. The van der Waals surface area contributed by atoms with E-state index < -0.39 is 9.84 Å². The van der Waals surface area contributed by atoms with Crippen LogP contribution in [-0.4, -0.2) is 33.0 Å². The summed E-state index contributed by atoms with van der Waals surface area (Å²) in [5, 5.41) is 0. The van der Waals surface area contributed by atoms with Gasteiger partial charge in [-0.1, -0.05) is 19.1 Å². The first kappa shape index (κ1) is 14.1. The minimum absolute atomic E-state index is 0.145. The molecule has 5 heteroatoms. The van der Waals surface area contributed by atoms with Gasteiger partial charge in [-0.25, -0.2) is 8.42 Å². The predicted molar refractivity (Wildman–Crippen MR) is 75.2 cm³/mol. The quantitative estimate of drug-likeness (QED) is 0.847. The van der Waals surface area contributed by atoms with Gasteiger partial charge in [-0.15, -0.1) is 0 Å². The Morgan fingerprint density at radius 2 is 2.00 bits per heavy atom. The van der Waals surface area contributed by atoms with Gasteiger partial charge in [-0.2, -0.15) is 0 Å². The Morgan fingerprint density at radius 3 is 2.68 bits per heavy atom. The number of sulfone groups is 1. The van der Waals surface area contributed by atoms with Crippen molar-refractivity contribution in [1.82, 2.24) is 0 Å². The smallest absolute Gasteiger partial charge is 0.180 e. The van der Waals surface area contributed by atoms with Crippen molar-refractivity contribution in [2.75, 3.05) is 23.7 Å². The lowest BCUT2D eigenvalue weighted by atomic mass is 10.1. The van der Waals surface area contributed by atoms with Crippen LogP contribution in [0.5, 0.6) is 0 Å². The van der Waals surface area contributed by atoms with Crippen LogP contribution in [0.2, 0.25) is 0 Å². The number of nitrogens with zero attached hydrogens (tertiary/aromatic N) is 1. The Labute approximate surface area is 114 Å². The van der Waals surface area contributed by atoms with Gasteiger partial charge in [0.25, 0.3) is 0 Å². The highest BCUT2D eigenvalue weighted by Crippen LogP contribution is 2.28. The largest absolute Gasteiger partial charge is 0.363 e. The van der Waals surface area contributed by atoms with Crippen molar-refractivity contribution in [2.45, 2.75) is 31.1 Å². The van der Waals surface area contributed by atoms with Gasteiger partial charge in [0.05, 0.1) is 22.9 Å². The fourth-order valence-corrected chi connectivity index (χ4v) is 3.96. The van der Waals surface area contributed by atoms with Crippen LogP contribution < -0.4 is 4.90 Å². The molecule has 0 unspecified atom stereocenters. The van der Waals surface area contributed by atoms with Crippen LogP contribution in [-0.2, 0) is 14.6 Å². The monoisotopic (exact) mass is 281 g/mol. The van der Waals surface area contributed by atoms with E-state index in [1.54, 1.807) is 18.2 Å². The molecule has 0 aromatic heterocycles. The lowest BCUT2D eigenvalue weighted by molar-refractivity contribution is -0.118. The minimum atomic E-state index is -3.26. The third kappa shape index (κ3) is 3.15. The number of hydrogen-bond acceptors (Lipinski definition) is 4. The molecular weight excluding hydrogens is 262 g/mol. The number of carbonyl (C=O) groups excluding carboxylic acids is 1. The molecule has 0 aliphatic carbocycles. The number of ketones is 1. The lowest BCUT2D eigenvalue weighted by Gasteiger charge is -2.29. The summed E-state index contributed by atoms with van der Waals surface area (Å²) in [5.74, 6) is 0.320. The fraction of sp³-hybridized carbons (Fsp3) is 0.500. The van der Waals surface area contributed by atoms with Crippen molar-refractivity contribution in [3.63, 3.8) is 0 Å². The van der Waals surface area contributed by atoms with E-state index in [1.807, 2.05) is 17.9 Å². The van der Waals surface area contributed by atoms with Crippen molar-refractivity contribution in [3.8, 4) is 0 Å². The summed E-state index contributed by atoms with van der Waals surface area (Å²) in [6, 6.07) is 6.98. The molecule has 0 saturated carbocycles. The zero-order valence-electron chi connectivity index (χ0n) is 11.1. The normalized spacial score (nSPS) is 16.7. The zero-order valence-corrected chi connectivity index (χ0v) is 11.9. The van der Waals surface area contributed by atoms with E-state index in [1.165, 1.54) is 0 Å². The van der Waals surface area contributed by atoms with Gasteiger partial charge < -0.3 is 4.90 Å². The molecule has 0 spiro atoms. The fourth-order valence-electron chi connectivity index (χ4n) is 2.40. The third-order valence-electron chi connectivity index (χ3n) is 3.26. The number of Topliss-reactive ketones (excluding diaryl/α,β-unsaturated/α-hetero) is 1. The number of benzene rings is 1. The average Bonchev–Trinajstić information content (AvgIpc) is 2.39. The number of para-hydroxylation sites is 1. The van der Waals surface area contributed by atoms with Crippen LogP contribution in [0, 0.1) is 0 Å². The van der Waals surface area contributed by atoms with Gasteiger partial charge in [-0.05, 0) is 25.0 Å². The third-order valence-corrected chi connectivity index (χ3v) is 5.23. The Hall–Kier alpha value is -1.36. The Kier molecular flexibility index (Phi) is 4.24. The summed E-state index contributed by atoms with van der Waals surface area (Å²) in [4.78, 5) is 13.8. The molecule has 1 aliphatic heterocycles. The minimum Gasteiger partial charge on any atom is -0.363 e. The molecular formula is C14H19NO3S. The van der Waals surface area contributed by atoms with Gasteiger partial charge in [0.2, 0.25) is 0 Å². The highest BCUT2D eigenvalue weighted by atomic mass is 32.2. The molecule has 0 atom stereocenters. The second-order valence-corrected chi connectivity index (χ2v) is 6.93. The standard InChI is InChI=1S/C14H19NO3S/c1-2-10-19(17,18)14-8-4-3-7-13(14)15-9-5-6-12(16)11-15/h3-4,7-8H,2,5-6,9-11H2,1H3. The maximum absolute atomic E-state index is 12.3. The summed E-state index contributed by atoms with van der Waals surface area (Å²) >= 11 is 0. The van der Waals surface area contributed by atoms with Crippen LogP contribution in [0.15, 0.2) is 29.2 Å². The van der Waals surface area contributed by atoms with E-state index in [9.17, 15) is 13.2 Å². The highest BCUT2D eigenvalue weighted by molar-refractivity contribution is 7.91. The molecule has 4 nitrogen and oxygen atoms in total. The van der Waals surface area contributed by atoms with E-state index in [0.29, 0.717) is 30.0 Å². The molecule has 1 aromatic carbocycles. The van der Waals surface area contributed by atoms with Gasteiger partial charge in [0.1, 0.15) is 0 Å². The van der Waals surface area contributed by atoms with E-state index in [2.05, 4.69) is 0 Å². The summed E-state index contributed by atoms with van der Waals surface area (Å²) in [5.41, 5.74) is 0.670. The molecule has 0 bridgehead atoms. The Morgan fingerprint density at radius 1 is 1.26 bits per heavy atom. The van der Waals surface area contributed by atoms with Crippen LogP contribution in [0.4, 0.5) is 5.69 Å². The van der Waals surface area contributed by atoms with Crippen molar-refractivity contribution in [3.05, 3.63) is 24.3 Å². The second-order valence-electron chi connectivity index (χ2n) is 4.85. The molecule has 1 fully saturated rings. The zero-order chi connectivity index (χ0) is 13.9. The average molecular weight is 281 g/mol. The number of hydrogen-bond donors (Lipinski definition) is 0. The van der Waals surface area contributed by atoms with Gasteiger partial charge >= 0.3 is 0 Å². The maximum atomic E-state index is 12.3. The van der Waals surface area contributed by atoms with Crippen molar-refractivity contribution >= 4 is 21.3 Å². The molecule has 1 heterocycles. The molecule has 0 amide bonds. The summed E-state index contributed by atoms with van der Waals surface area (Å²) in [6.45, 7) is 2.91. The topological polar surface area (TPSA) is 54.5 Å². The van der Waals surface area contributed by atoms with Gasteiger partial charge in [0, 0.05) is 13.0 Å². The van der Waals surface area contributed by atoms with Crippen LogP contribution in [0.1, 0.15) is 26.2 Å². The maximum Gasteiger partial charge on any atom is 0.180 e. The summed E-state index contributed by atoms with van der Waals surface area (Å²) in [6.07, 6.45) is 1.98. The number of piperidine rings is 1. The molecule has 0 radical (unpaired) electrons. The van der Waals surface area contributed by atoms with Gasteiger partial charge in [-0.3, -0.25) is 4.79 Å². The van der Waals surface area contributed by atoms with Crippen LogP contribution in [0.3, 0.4) is 0 Å². The molecule has 1 aliphatic rings. The lowest BCUT2D eigenvalue weighted by Crippen LogP contribution is -2.36. The molecule has 0 N–H and O–H groups in total. The molecule has 1 saturated heterocycles. The van der Waals surface area contributed by atoms with E-state index in [4.69, 9.17) is 0 Å².